The second-order valence-corrected chi connectivity index (χ2v) is 15.3. The molecular formula is C37H49N3O7S. The number of rotatable bonds is 8. The molecule has 0 bridgehead atoms. The monoisotopic (exact) mass is 679 g/mol. The number of aryl methyl sites for hydroxylation is 1. The number of hydrogen-bond donors (Lipinski definition) is 0. The number of ether oxygens (including phenoxy) is 5. The number of anilines is 1. The minimum absolute atomic E-state index is 0.213. The molecule has 1 fully saturated rings. The zero-order chi connectivity index (χ0) is 34.8. The molecule has 0 unspecified atom stereocenters. The Bertz CT molecular complexity index is 1610. The van der Waals surface area contributed by atoms with Crippen molar-refractivity contribution >= 4 is 28.5 Å². The largest absolute Gasteiger partial charge is 0.496 e. The maximum Gasteiger partial charge on any atom is 0.410 e. The zero-order valence-corrected chi connectivity index (χ0v) is 30.5. The molecule has 1 aromatic heterocycles. The number of benzene rings is 2. The zero-order valence-electron chi connectivity index (χ0n) is 29.7. The Morgan fingerprint density at radius 1 is 1.02 bits per heavy atom. The van der Waals surface area contributed by atoms with Crippen molar-refractivity contribution in [2.75, 3.05) is 38.8 Å². The first kappa shape index (κ1) is 35.5. The lowest BCUT2D eigenvalue weighted by atomic mass is 9.93. The molecule has 2 aliphatic heterocycles. The van der Waals surface area contributed by atoms with Gasteiger partial charge in [-0.05, 0) is 90.1 Å². The van der Waals surface area contributed by atoms with Gasteiger partial charge in [0.15, 0.2) is 5.13 Å². The molecule has 3 heterocycles. The fourth-order valence-electron chi connectivity index (χ4n) is 6.15. The summed E-state index contributed by atoms with van der Waals surface area (Å²) >= 11 is 1.57. The van der Waals surface area contributed by atoms with Gasteiger partial charge in [-0.2, -0.15) is 0 Å². The first-order valence-electron chi connectivity index (χ1n) is 16.5. The molecule has 0 radical (unpaired) electrons. The highest BCUT2D eigenvalue weighted by Gasteiger charge is 2.38. The number of piperidine rings is 1. The number of carbonyl (C=O) groups is 2. The molecule has 3 aromatic rings. The van der Waals surface area contributed by atoms with Gasteiger partial charge in [-0.1, -0.05) is 18.2 Å². The summed E-state index contributed by atoms with van der Waals surface area (Å²) in [6.45, 7) is 15.9. The third-order valence-electron chi connectivity index (χ3n) is 8.44. The number of hydrogen-bond acceptors (Lipinski definition) is 10. The third kappa shape index (κ3) is 8.41. The number of esters is 1. The Morgan fingerprint density at radius 3 is 2.46 bits per heavy atom. The van der Waals surface area contributed by atoms with Gasteiger partial charge in [0.1, 0.15) is 29.3 Å². The van der Waals surface area contributed by atoms with Gasteiger partial charge in [0.25, 0.3) is 0 Å². The van der Waals surface area contributed by atoms with Gasteiger partial charge in [-0.3, -0.25) is 4.79 Å². The van der Waals surface area contributed by atoms with Crippen LogP contribution in [0.1, 0.15) is 70.2 Å². The third-order valence-corrected chi connectivity index (χ3v) is 9.34. The molecule has 0 spiro atoms. The van der Waals surface area contributed by atoms with E-state index in [-0.39, 0.29) is 24.1 Å². The van der Waals surface area contributed by atoms with E-state index in [2.05, 4.69) is 16.3 Å². The number of nitrogens with zero attached hydrogens (tertiary/aromatic N) is 3. The lowest BCUT2D eigenvalue weighted by molar-refractivity contribution is -0.165. The van der Waals surface area contributed by atoms with Crippen LogP contribution in [0.15, 0.2) is 35.7 Å². The van der Waals surface area contributed by atoms with E-state index in [1.54, 1.807) is 30.5 Å². The predicted octanol–water partition coefficient (Wildman–Crippen LogP) is 7.18. The molecule has 1 saturated heterocycles. The van der Waals surface area contributed by atoms with Crippen LogP contribution in [0.2, 0.25) is 0 Å². The fraction of sp³-hybridized carbons (Fsp3) is 0.541. The molecule has 260 valence electrons. The Morgan fingerprint density at radius 2 is 1.77 bits per heavy atom. The molecule has 48 heavy (non-hydrogen) atoms. The van der Waals surface area contributed by atoms with Crippen molar-refractivity contribution in [2.45, 2.75) is 91.8 Å². The predicted molar refractivity (Wildman–Crippen MR) is 187 cm³/mol. The van der Waals surface area contributed by atoms with Crippen LogP contribution in [0.3, 0.4) is 0 Å². The number of amides is 1. The number of fused-ring (bicyclic) bond motifs is 1. The van der Waals surface area contributed by atoms with Gasteiger partial charge in [-0.15, -0.1) is 11.3 Å². The van der Waals surface area contributed by atoms with Gasteiger partial charge in [0.05, 0.1) is 31.4 Å². The van der Waals surface area contributed by atoms with E-state index in [4.69, 9.17) is 28.7 Å². The molecule has 0 aliphatic carbocycles. The maximum absolute atomic E-state index is 12.9. The van der Waals surface area contributed by atoms with Crippen LogP contribution in [-0.4, -0.2) is 73.1 Å². The first-order valence-corrected chi connectivity index (χ1v) is 17.4. The highest BCUT2D eigenvalue weighted by molar-refractivity contribution is 7.14. The van der Waals surface area contributed by atoms with Crippen LogP contribution in [0.5, 0.6) is 11.5 Å². The SMILES string of the molecule is COc1cc(COc2c(C)cccc2-c2csc(N3CC[C@@H](C(=O)OC(C)(C)C)[C@@H](OC)C3)n2)cc2c1CN(C(=O)OC(C)(C)C)CC2. The van der Waals surface area contributed by atoms with Crippen molar-refractivity contribution in [1.82, 2.24) is 9.88 Å². The molecule has 0 N–H and O–H groups in total. The quantitative estimate of drug-likeness (QED) is 0.229. The topological polar surface area (TPSA) is 99.7 Å². The van der Waals surface area contributed by atoms with Crippen molar-refractivity contribution < 1.29 is 33.3 Å². The van der Waals surface area contributed by atoms with E-state index in [0.717, 1.165) is 50.1 Å². The minimum Gasteiger partial charge on any atom is -0.496 e. The van der Waals surface area contributed by atoms with Crippen molar-refractivity contribution in [3.05, 3.63) is 58.0 Å². The number of methoxy groups -OCH3 is 2. The molecule has 2 atom stereocenters. The normalized spacial score (nSPS) is 18.3. The van der Waals surface area contributed by atoms with Crippen molar-refractivity contribution in [3.8, 4) is 22.8 Å². The second-order valence-electron chi connectivity index (χ2n) is 14.5. The van der Waals surface area contributed by atoms with Crippen LogP contribution in [0, 0.1) is 12.8 Å². The molecule has 0 saturated carbocycles. The molecule has 1 amide bonds. The van der Waals surface area contributed by atoms with Crippen LogP contribution >= 0.6 is 11.3 Å². The van der Waals surface area contributed by atoms with E-state index in [0.29, 0.717) is 45.6 Å². The lowest BCUT2D eigenvalue weighted by Crippen LogP contribution is -2.49. The van der Waals surface area contributed by atoms with E-state index < -0.39 is 11.2 Å². The molecule has 10 nitrogen and oxygen atoms in total. The number of aromatic nitrogens is 1. The Balaban J connectivity index is 1.29. The summed E-state index contributed by atoms with van der Waals surface area (Å²) in [7, 11) is 3.30. The molecule has 11 heteroatoms. The smallest absolute Gasteiger partial charge is 0.410 e. The van der Waals surface area contributed by atoms with E-state index in [1.807, 2.05) is 72.7 Å². The molecule has 2 aliphatic rings. The Kier molecular flexibility index (Phi) is 10.6. The van der Waals surface area contributed by atoms with E-state index in [1.165, 1.54) is 0 Å². The van der Waals surface area contributed by atoms with Crippen molar-refractivity contribution in [3.63, 3.8) is 0 Å². The summed E-state index contributed by atoms with van der Waals surface area (Å²) in [6, 6.07) is 10.2. The Labute approximate surface area is 288 Å². The highest BCUT2D eigenvalue weighted by atomic mass is 32.1. The van der Waals surface area contributed by atoms with Crippen LogP contribution in [0.4, 0.5) is 9.93 Å². The number of carbonyl (C=O) groups excluding carboxylic acids is 2. The van der Waals surface area contributed by atoms with Crippen LogP contribution < -0.4 is 14.4 Å². The summed E-state index contributed by atoms with van der Waals surface area (Å²) in [5, 5.41) is 2.93. The first-order chi connectivity index (χ1) is 22.7. The minimum atomic E-state index is -0.551. The summed E-state index contributed by atoms with van der Waals surface area (Å²) in [6.07, 6.45) is 0.732. The average molecular weight is 680 g/mol. The van der Waals surface area contributed by atoms with Gasteiger partial charge >= 0.3 is 12.1 Å². The fourth-order valence-corrected chi connectivity index (χ4v) is 7.02. The Hall–Kier alpha value is -3.83. The summed E-state index contributed by atoms with van der Waals surface area (Å²) < 4.78 is 29.3. The lowest BCUT2D eigenvalue weighted by Gasteiger charge is -2.37. The van der Waals surface area contributed by atoms with Crippen LogP contribution in [0.25, 0.3) is 11.3 Å². The van der Waals surface area contributed by atoms with E-state index >= 15 is 0 Å². The molecule has 2 aromatic carbocycles. The van der Waals surface area contributed by atoms with Crippen LogP contribution in [-0.2, 0) is 38.6 Å². The van der Waals surface area contributed by atoms with E-state index in [9.17, 15) is 9.59 Å². The highest BCUT2D eigenvalue weighted by Crippen LogP contribution is 2.38. The van der Waals surface area contributed by atoms with Crippen molar-refractivity contribution in [1.29, 1.82) is 0 Å². The second kappa shape index (κ2) is 14.3. The average Bonchev–Trinajstić information content (AvgIpc) is 3.51. The maximum atomic E-state index is 12.9. The molecular weight excluding hydrogens is 630 g/mol. The standard InChI is InChI=1S/C37H49N3O7S/c1-23-11-10-12-26(29-22-48-34(38-29)39-16-14-27(31(20-39)44-9)33(41)46-36(2,3)4)32(23)45-21-24-17-25-13-15-40(35(42)47-37(5,6)7)19-28(25)30(18-24)43-8/h10-12,17-18,22,27,31H,13-16,19-21H2,1-9H3/t27-,31+/m1/s1. The number of para-hydroxylation sites is 1. The summed E-state index contributed by atoms with van der Waals surface area (Å²) in [5.74, 6) is 0.987. The molecule has 5 rings (SSSR count). The summed E-state index contributed by atoms with van der Waals surface area (Å²) in [5.41, 5.74) is 4.80. The van der Waals surface area contributed by atoms with Gasteiger partial charge in [0.2, 0.25) is 0 Å². The van der Waals surface area contributed by atoms with Gasteiger partial charge in [0, 0.05) is 43.3 Å². The summed E-state index contributed by atoms with van der Waals surface area (Å²) in [4.78, 5) is 34.5. The number of thiazole rings is 1. The van der Waals surface area contributed by atoms with Gasteiger partial charge in [-0.25, -0.2) is 9.78 Å². The van der Waals surface area contributed by atoms with Gasteiger partial charge < -0.3 is 33.5 Å². The van der Waals surface area contributed by atoms with Crippen molar-refractivity contribution in [2.24, 2.45) is 5.92 Å².